The molecule has 34 heavy (non-hydrogen) atoms. The fourth-order valence-corrected chi connectivity index (χ4v) is 3.54. The number of hydrogen-bond donors (Lipinski definition) is 2. The molecule has 188 valence electrons. The highest BCUT2D eigenvalue weighted by Gasteiger charge is 2.34. The second kappa shape index (κ2) is 11.5. The molecule has 1 aliphatic rings. The minimum absolute atomic E-state index is 0.00498. The van der Waals surface area contributed by atoms with Gasteiger partial charge >= 0.3 is 6.18 Å². The minimum atomic E-state index is -4.54. The predicted octanol–water partition coefficient (Wildman–Crippen LogP) is 2.96. The minimum Gasteiger partial charge on any atom is -0.384 e. The lowest BCUT2D eigenvalue weighted by Gasteiger charge is -2.20. The van der Waals surface area contributed by atoms with Crippen LogP contribution in [-0.2, 0) is 22.3 Å². The Kier molecular flexibility index (Phi) is 8.72. The second-order valence-corrected chi connectivity index (χ2v) is 8.46. The average Bonchev–Trinajstić information content (AvgIpc) is 2.97. The van der Waals surface area contributed by atoms with Crippen molar-refractivity contribution in [1.82, 2.24) is 24.6 Å². The largest absolute Gasteiger partial charge is 0.419 e. The molecule has 2 N–H and O–H groups in total. The molecule has 1 aliphatic heterocycles. The first kappa shape index (κ1) is 25.8. The number of amides is 1. The first-order valence-corrected chi connectivity index (χ1v) is 11.3. The zero-order valence-corrected chi connectivity index (χ0v) is 19.8. The van der Waals surface area contributed by atoms with Crippen LogP contribution in [0.2, 0.25) is 0 Å². The van der Waals surface area contributed by atoms with Crippen LogP contribution in [0.25, 0.3) is 0 Å². The van der Waals surface area contributed by atoms with E-state index in [9.17, 15) is 18.0 Å². The third-order valence-corrected chi connectivity index (χ3v) is 5.43. The molecule has 0 bridgehead atoms. The number of carbonyl (C=O) groups is 1. The number of rotatable bonds is 10. The van der Waals surface area contributed by atoms with Crippen molar-refractivity contribution in [2.45, 2.75) is 32.5 Å². The molecule has 12 heteroatoms. The number of hydrogen-bond acceptors (Lipinski definition) is 7. The molecule has 1 fully saturated rings. The smallest absolute Gasteiger partial charge is 0.384 e. The lowest BCUT2D eigenvalue weighted by molar-refractivity contribution is -0.137. The summed E-state index contributed by atoms with van der Waals surface area (Å²) in [6, 6.07) is 1.35. The summed E-state index contributed by atoms with van der Waals surface area (Å²) in [4.78, 5) is 19.7. The first-order valence-electron chi connectivity index (χ1n) is 11.3. The number of carbonyl (C=O) groups excluding carboxylic acids is 1. The molecule has 0 saturated carbocycles. The van der Waals surface area contributed by atoms with Gasteiger partial charge in [-0.3, -0.25) is 9.48 Å². The summed E-state index contributed by atoms with van der Waals surface area (Å²) in [6.07, 6.45) is -1.07. The molecule has 2 aromatic heterocycles. The van der Waals surface area contributed by atoms with Gasteiger partial charge in [0.1, 0.15) is 5.82 Å². The number of nitrogens with zero attached hydrogens (tertiary/aromatic N) is 5. The number of likely N-dealkylation sites (N-methyl/N-ethyl adjacent to an activating group) is 1. The molecule has 1 amide bonds. The van der Waals surface area contributed by atoms with E-state index in [0.29, 0.717) is 51.4 Å². The van der Waals surface area contributed by atoms with Crippen LogP contribution in [0, 0.1) is 6.92 Å². The maximum atomic E-state index is 13.5. The molecule has 0 spiro atoms. The van der Waals surface area contributed by atoms with Crippen molar-refractivity contribution >= 4 is 23.1 Å². The normalized spacial score (nSPS) is 15.0. The second-order valence-electron chi connectivity index (χ2n) is 8.46. The number of pyridine rings is 1. The number of ether oxygens (including phenoxy) is 1. The Morgan fingerprint density at radius 2 is 2.00 bits per heavy atom. The van der Waals surface area contributed by atoms with E-state index in [1.165, 1.54) is 6.07 Å². The van der Waals surface area contributed by atoms with Gasteiger partial charge in [0.15, 0.2) is 0 Å². The summed E-state index contributed by atoms with van der Waals surface area (Å²) in [5.41, 5.74) is 0.504. The summed E-state index contributed by atoms with van der Waals surface area (Å²) >= 11 is 0. The highest BCUT2D eigenvalue weighted by atomic mass is 19.4. The molecule has 0 aromatic carbocycles. The van der Waals surface area contributed by atoms with Gasteiger partial charge < -0.3 is 25.2 Å². The van der Waals surface area contributed by atoms with Gasteiger partial charge in [0.25, 0.3) is 0 Å². The average molecular weight is 484 g/mol. The topological polar surface area (TPSA) is 87.5 Å². The quantitative estimate of drug-likeness (QED) is 0.503. The van der Waals surface area contributed by atoms with E-state index < -0.39 is 11.7 Å². The standard InChI is InChI=1S/C22H32F3N7O2/c1-16-19(15-32(29-16)9-8-30(2)3)28-20-13-18(17(14-27-20)22(23,24)25)26-6-4-7-31-10-12-34-11-5-21(31)33/h13-15H,4-12H2,1-3H3,(H2,26,27,28). The van der Waals surface area contributed by atoms with Crippen molar-refractivity contribution in [2.75, 3.05) is 64.1 Å². The molecule has 9 nitrogen and oxygen atoms in total. The van der Waals surface area contributed by atoms with Crippen molar-refractivity contribution < 1.29 is 22.7 Å². The summed E-state index contributed by atoms with van der Waals surface area (Å²) in [5, 5.41) is 10.4. The zero-order valence-electron chi connectivity index (χ0n) is 19.8. The SMILES string of the molecule is Cc1nn(CCN(C)C)cc1Nc1cc(NCCCN2CCOCCC2=O)c(C(F)(F)F)cn1. The third-order valence-electron chi connectivity index (χ3n) is 5.43. The predicted molar refractivity (Wildman–Crippen MR) is 123 cm³/mol. The third kappa shape index (κ3) is 7.32. The van der Waals surface area contributed by atoms with Crippen LogP contribution in [0.3, 0.4) is 0 Å². The molecule has 1 saturated heterocycles. The van der Waals surface area contributed by atoms with Crippen LogP contribution < -0.4 is 10.6 Å². The number of halogens is 3. The molecular formula is C22H32F3N7O2. The van der Waals surface area contributed by atoms with Crippen molar-refractivity contribution in [3.05, 3.63) is 29.7 Å². The fraction of sp³-hybridized carbons (Fsp3) is 0.591. The Morgan fingerprint density at radius 3 is 2.74 bits per heavy atom. The highest BCUT2D eigenvalue weighted by Crippen LogP contribution is 2.36. The summed E-state index contributed by atoms with van der Waals surface area (Å²) in [7, 11) is 3.94. The van der Waals surface area contributed by atoms with E-state index >= 15 is 0 Å². The number of alkyl halides is 3. The van der Waals surface area contributed by atoms with E-state index in [2.05, 4.69) is 20.7 Å². The monoisotopic (exact) mass is 483 g/mol. The molecule has 3 heterocycles. The molecule has 2 aromatic rings. The van der Waals surface area contributed by atoms with Crippen LogP contribution in [-0.4, -0.2) is 84.0 Å². The van der Waals surface area contributed by atoms with Crippen LogP contribution in [0.1, 0.15) is 24.1 Å². The Balaban J connectivity index is 1.66. The fourth-order valence-electron chi connectivity index (χ4n) is 3.54. The van der Waals surface area contributed by atoms with Gasteiger partial charge in [-0.15, -0.1) is 0 Å². The van der Waals surface area contributed by atoms with Crippen molar-refractivity contribution in [1.29, 1.82) is 0 Å². The van der Waals surface area contributed by atoms with Crippen molar-refractivity contribution in [3.8, 4) is 0 Å². The summed E-state index contributed by atoms with van der Waals surface area (Å²) < 4.78 is 47.7. The molecule has 0 atom stereocenters. The lowest BCUT2D eigenvalue weighted by atomic mass is 10.2. The van der Waals surface area contributed by atoms with Crippen molar-refractivity contribution in [2.24, 2.45) is 0 Å². The Bertz CT molecular complexity index is 962. The highest BCUT2D eigenvalue weighted by molar-refractivity contribution is 5.76. The Hall–Kier alpha value is -2.86. The van der Waals surface area contributed by atoms with Crippen LogP contribution in [0.5, 0.6) is 0 Å². The maximum absolute atomic E-state index is 13.5. The molecule has 3 rings (SSSR count). The van der Waals surface area contributed by atoms with Gasteiger partial charge in [-0.05, 0) is 27.4 Å². The van der Waals surface area contributed by atoms with E-state index in [1.807, 2.05) is 32.1 Å². The van der Waals surface area contributed by atoms with Gasteiger partial charge in [0.2, 0.25) is 5.91 Å². The van der Waals surface area contributed by atoms with E-state index in [1.54, 1.807) is 9.58 Å². The maximum Gasteiger partial charge on any atom is 0.419 e. The number of anilines is 3. The molecule has 0 radical (unpaired) electrons. The van der Waals surface area contributed by atoms with E-state index in [4.69, 9.17) is 4.74 Å². The van der Waals surface area contributed by atoms with Gasteiger partial charge in [0.05, 0.1) is 48.8 Å². The van der Waals surface area contributed by atoms with E-state index in [0.717, 1.165) is 18.4 Å². The van der Waals surface area contributed by atoms with Gasteiger partial charge in [-0.1, -0.05) is 0 Å². The molecular weight excluding hydrogens is 451 g/mol. The number of aromatic nitrogens is 3. The molecule has 0 unspecified atom stereocenters. The van der Waals surface area contributed by atoms with Gasteiger partial charge in [-0.2, -0.15) is 18.3 Å². The summed E-state index contributed by atoms with van der Waals surface area (Å²) in [5.74, 6) is 0.288. The number of aryl methyl sites for hydroxylation is 1. The van der Waals surface area contributed by atoms with Crippen LogP contribution in [0.15, 0.2) is 18.5 Å². The van der Waals surface area contributed by atoms with Crippen molar-refractivity contribution in [3.63, 3.8) is 0 Å². The Morgan fingerprint density at radius 1 is 1.21 bits per heavy atom. The van der Waals surface area contributed by atoms with Gasteiger partial charge in [0, 0.05) is 44.6 Å². The van der Waals surface area contributed by atoms with Crippen LogP contribution >= 0.6 is 0 Å². The van der Waals surface area contributed by atoms with Crippen LogP contribution in [0.4, 0.5) is 30.4 Å². The van der Waals surface area contributed by atoms with E-state index in [-0.39, 0.29) is 24.0 Å². The Labute approximate surface area is 197 Å². The molecule has 0 aliphatic carbocycles. The lowest BCUT2D eigenvalue weighted by Crippen LogP contribution is -2.33. The zero-order chi connectivity index (χ0) is 24.7. The summed E-state index contributed by atoms with van der Waals surface area (Å²) in [6.45, 7) is 5.43. The first-order chi connectivity index (χ1) is 16.1. The van der Waals surface area contributed by atoms with Gasteiger partial charge in [-0.25, -0.2) is 4.98 Å². The number of nitrogens with one attached hydrogen (secondary N) is 2.